The van der Waals surface area contributed by atoms with Crippen molar-refractivity contribution in [2.75, 3.05) is 13.1 Å². The first-order valence-electron chi connectivity index (χ1n) is 6.60. The van der Waals surface area contributed by atoms with E-state index in [1.165, 1.54) is 24.0 Å². The third kappa shape index (κ3) is 3.36. The monoisotopic (exact) mass is 327 g/mol. The number of nitrogens with zero attached hydrogens (tertiary/aromatic N) is 1. The van der Waals surface area contributed by atoms with Gasteiger partial charge in [-0.25, -0.2) is 4.39 Å². The van der Waals surface area contributed by atoms with Crippen LogP contribution in [-0.2, 0) is 9.59 Å². The normalized spacial score (nSPS) is 20.8. The summed E-state index contributed by atoms with van der Waals surface area (Å²) >= 11 is 5.64. The number of carbonyl (C=O) groups excluding carboxylic acids is 3. The van der Waals surface area contributed by atoms with E-state index < -0.39 is 29.6 Å². The smallest absolute Gasteiger partial charge is 0.251 e. The molecule has 2 rings (SSSR count). The van der Waals surface area contributed by atoms with Gasteiger partial charge in [-0.3, -0.25) is 14.4 Å². The van der Waals surface area contributed by atoms with Gasteiger partial charge in [-0.15, -0.1) is 0 Å². The van der Waals surface area contributed by atoms with E-state index in [-0.39, 0.29) is 29.6 Å². The molecule has 0 bridgehead atoms. The molecule has 6 nitrogen and oxygen atoms in total. The Hall–Kier alpha value is -2.15. The second-order valence-electron chi connectivity index (χ2n) is 5.14. The van der Waals surface area contributed by atoms with E-state index in [1.807, 2.05) is 0 Å². The van der Waals surface area contributed by atoms with E-state index in [4.69, 9.17) is 17.3 Å². The van der Waals surface area contributed by atoms with Gasteiger partial charge in [0, 0.05) is 25.6 Å². The molecule has 22 heavy (non-hydrogen) atoms. The first kappa shape index (κ1) is 16.2. The molecule has 1 aromatic carbocycles. The van der Waals surface area contributed by atoms with Gasteiger partial charge in [0.15, 0.2) is 0 Å². The number of halogens is 2. The molecule has 0 radical (unpaired) electrons. The van der Waals surface area contributed by atoms with Crippen LogP contribution in [0.2, 0.25) is 5.02 Å². The molecule has 1 fully saturated rings. The summed E-state index contributed by atoms with van der Waals surface area (Å²) in [5, 5.41) is 2.47. The molecule has 1 saturated heterocycles. The zero-order chi connectivity index (χ0) is 16.4. The standard InChI is InChI=1S/C14H15ClFN3O3/c1-7(20)19-5-9(13(17)21)12(6-19)18-14(22)8-2-3-11(16)10(15)4-8/h2-4,9,12H,5-6H2,1H3,(H2,17,21)(H,18,22)/t9-,12+/m1/s1. The molecule has 118 valence electrons. The minimum Gasteiger partial charge on any atom is -0.369 e. The summed E-state index contributed by atoms with van der Waals surface area (Å²) in [6, 6.07) is 2.98. The lowest BCUT2D eigenvalue weighted by atomic mass is 10.0. The van der Waals surface area contributed by atoms with Crippen molar-refractivity contribution in [1.82, 2.24) is 10.2 Å². The van der Waals surface area contributed by atoms with Crippen molar-refractivity contribution in [3.05, 3.63) is 34.6 Å². The molecule has 8 heteroatoms. The van der Waals surface area contributed by atoms with E-state index in [1.54, 1.807) is 0 Å². The predicted molar refractivity (Wildman–Crippen MR) is 77.6 cm³/mol. The van der Waals surface area contributed by atoms with Gasteiger partial charge >= 0.3 is 0 Å². The van der Waals surface area contributed by atoms with E-state index in [9.17, 15) is 18.8 Å². The van der Waals surface area contributed by atoms with Crippen LogP contribution in [0.5, 0.6) is 0 Å². The summed E-state index contributed by atoms with van der Waals surface area (Å²) in [5.41, 5.74) is 5.47. The van der Waals surface area contributed by atoms with E-state index in [2.05, 4.69) is 5.32 Å². The topological polar surface area (TPSA) is 92.5 Å². The van der Waals surface area contributed by atoms with Crippen molar-refractivity contribution in [1.29, 1.82) is 0 Å². The SMILES string of the molecule is CC(=O)N1C[C@H](NC(=O)c2ccc(F)c(Cl)c2)[C@H](C(N)=O)C1. The number of hydrogen-bond donors (Lipinski definition) is 2. The fourth-order valence-corrected chi connectivity index (χ4v) is 2.57. The molecule has 3 amide bonds. The lowest BCUT2D eigenvalue weighted by Gasteiger charge is -2.17. The number of hydrogen-bond acceptors (Lipinski definition) is 3. The fraction of sp³-hybridized carbons (Fsp3) is 0.357. The van der Waals surface area contributed by atoms with Crippen LogP contribution in [-0.4, -0.2) is 41.8 Å². The van der Waals surface area contributed by atoms with Crippen LogP contribution in [0.1, 0.15) is 17.3 Å². The highest BCUT2D eigenvalue weighted by molar-refractivity contribution is 6.31. The van der Waals surface area contributed by atoms with Crippen LogP contribution in [0.3, 0.4) is 0 Å². The van der Waals surface area contributed by atoms with E-state index >= 15 is 0 Å². The maximum atomic E-state index is 13.1. The first-order chi connectivity index (χ1) is 10.3. The molecule has 3 N–H and O–H groups in total. The molecule has 1 aliphatic heterocycles. The predicted octanol–water partition coefficient (Wildman–Crippen LogP) is 0.541. The summed E-state index contributed by atoms with van der Waals surface area (Å²) in [4.78, 5) is 36.5. The second kappa shape index (κ2) is 6.31. The highest BCUT2D eigenvalue weighted by Gasteiger charge is 2.38. The fourth-order valence-electron chi connectivity index (χ4n) is 2.38. The van der Waals surface area contributed by atoms with Crippen LogP contribution >= 0.6 is 11.6 Å². The third-order valence-electron chi connectivity index (χ3n) is 3.63. The molecule has 0 spiro atoms. The minimum absolute atomic E-state index is 0.163. The molecule has 0 unspecified atom stereocenters. The lowest BCUT2D eigenvalue weighted by molar-refractivity contribution is -0.128. The van der Waals surface area contributed by atoms with Crippen molar-refractivity contribution in [2.24, 2.45) is 11.7 Å². The third-order valence-corrected chi connectivity index (χ3v) is 3.92. The average Bonchev–Trinajstić information content (AvgIpc) is 2.86. The number of rotatable bonds is 3. The maximum Gasteiger partial charge on any atom is 0.251 e. The molecule has 2 atom stereocenters. The summed E-state index contributed by atoms with van der Waals surface area (Å²) in [7, 11) is 0. The highest BCUT2D eigenvalue weighted by atomic mass is 35.5. The van der Waals surface area contributed by atoms with Crippen molar-refractivity contribution < 1.29 is 18.8 Å². The first-order valence-corrected chi connectivity index (χ1v) is 6.98. The Bertz CT molecular complexity index is 638. The zero-order valence-corrected chi connectivity index (χ0v) is 12.6. The van der Waals surface area contributed by atoms with Gasteiger partial charge in [-0.1, -0.05) is 11.6 Å². The summed E-state index contributed by atoms with van der Waals surface area (Å²) in [6.45, 7) is 1.74. The van der Waals surface area contributed by atoms with E-state index in [0.717, 1.165) is 6.07 Å². The summed E-state index contributed by atoms with van der Waals surface area (Å²) in [6.07, 6.45) is 0. The van der Waals surface area contributed by atoms with Crippen LogP contribution < -0.4 is 11.1 Å². The van der Waals surface area contributed by atoms with Gasteiger partial charge in [0.05, 0.1) is 17.0 Å². The van der Waals surface area contributed by atoms with Crippen LogP contribution in [0.25, 0.3) is 0 Å². The lowest BCUT2D eigenvalue weighted by Crippen LogP contribution is -2.44. The van der Waals surface area contributed by atoms with Crippen LogP contribution in [0, 0.1) is 11.7 Å². The van der Waals surface area contributed by atoms with Crippen LogP contribution in [0.4, 0.5) is 4.39 Å². The molecule has 0 aliphatic carbocycles. The second-order valence-corrected chi connectivity index (χ2v) is 5.55. The number of benzene rings is 1. The number of likely N-dealkylation sites (tertiary alicyclic amines) is 1. The zero-order valence-electron chi connectivity index (χ0n) is 11.8. The van der Waals surface area contributed by atoms with E-state index in [0.29, 0.717) is 0 Å². The van der Waals surface area contributed by atoms with Gasteiger partial charge < -0.3 is 16.0 Å². The number of carbonyl (C=O) groups is 3. The van der Waals surface area contributed by atoms with Crippen molar-refractivity contribution in [3.8, 4) is 0 Å². The summed E-state index contributed by atoms with van der Waals surface area (Å²) < 4.78 is 13.1. The number of nitrogens with one attached hydrogen (secondary N) is 1. The number of amides is 3. The summed E-state index contributed by atoms with van der Waals surface area (Å²) in [5.74, 6) is -2.59. The Morgan fingerprint density at radius 2 is 2.05 bits per heavy atom. The van der Waals surface area contributed by atoms with Gasteiger partial charge in [0.25, 0.3) is 5.91 Å². The average molecular weight is 328 g/mol. The minimum atomic E-state index is -0.663. The Balaban J connectivity index is 2.13. The van der Waals surface area contributed by atoms with Crippen LogP contribution in [0.15, 0.2) is 18.2 Å². The quantitative estimate of drug-likeness (QED) is 0.848. The molecule has 1 aromatic rings. The van der Waals surface area contributed by atoms with Gasteiger partial charge in [-0.05, 0) is 18.2 Å². The Morgan fingerprint density at radius 1 is 1.36 bits per heavy atom. The molecule has 0 aromatic heterocycles. The van der Waals surface area contributed by atoms with Gasteiger partial charge in [0.2, 0.25) is 11.8 Å². The number of nitrogens with two attached hydrogens (primary N) is 1. The Labute approximate surface area is 131 Å². The molecule has 1 heterocycles. The van der Waals surface area contributed by atoms with Gasteiger partial charge in [0.1, 0.15) is 5.82 Å². The highest BCUT2D eigenvalue weighted by Crippen LogP contribution is 2.19. The van der Waals surface area contributed by atoms with Crippen molar-refractivity contribution in [3.63, 3.8) is 0 Å². The maximum absolute atomic E-state index is 13.1. The largest absolute Gasteiger partial charge is 0.369 e. The number of primary amides is 1. The van der Waals surface area contributed by atoms with Crippen molar-refractivity contribution >= 4 is 29.3 Å². The molecular weight excluding hydrogens is 313 g/mol. The molecule has 1 aliphatic rings. The van der Waals surface area contributed by atoms with Crippen molar-refractivity contribution in [2.45, 2.75) is 13.0 Å². The molecular formula is C14H15ClFN3O3. The Morgan fingerprint density at radius 3 is 2.59 bits per heavy atom. The van der Waals surface area contributed by atoms with Gasteiger partial charge in [-0.2, -0.15) is 0 Å². The Kier molecular flexibility index (Phi) is 4.65. The molecule has 0 saturated carbocycles.